The fourth-order valence-electron chi connectivity index (χ4n) is 2.46. The third-order valence-electron chi connectivity index (χ3n) is 3.55. The number of fused-ring (bicyclic) bond motifs is 1. The van der Waals surface area contributed by atoms with E-state index in [0.29, 0.717) is 22.6 Å². The van der Waals surface area contributed by atoms with E-state index in [4.69, 9.17) is 4.74 Å². The fraction of sp³-hybridized carbons (Fsp3) is 0.0556. The average molecular weight is 304 g/mol. The molecule has 2 aromatic rings. The van der Waals surface area contributed by atoms with Gasteiger partial charge in [-0.3, -0.25) is 4.79 Å². The zero-order valence-corrected chi connectivity index (χ0v) is 12.3. The largest absolute Gasteiger partial charge is 0.506 e. The van der Waals surface area contributed by atoms with E-state index < -0.39 is 5.78 Å². The molecular weight excluding hydrogens is 292 g/mol. The second-order valence-electron chi connectivity index (χ2n) is 4.84. The number of ketones is 1. The molecule has 2 aromatic carbocycles. The summed E-state index contributed by atoms with van der Waals surface area (Å²) in [5.41, 5.74) is 0.960. The Kier molecular flexibility index (Phi) is 3.65. The first-order chi connectivity index (χ1) is 11.2. The molecular formula is C18H12N2O3. The van der Waals surface area contributed by atoms with Crippen molar-refractivity contribution in [2.24, 2.45) is 4.99 Å². The first-order valence-electron chi connectivity index (χ1n) is 6.87. The first kappa shape index (κ1) is 14.5. The molecule has 0 amide bonds. The molecule has 0 fully saturated rings. The fourth-order valence-corrected chi connectivity index (χ4v) is 2.46. The Morgan fingerprint density at radius 1 is 1.13 bits per heavy atom. The third kappa shape index (κ3) is 2.36. The van der Waals surface area contributed by atoms with Crippen LogP contribution in [0.2, 0.25) is 0 Å². The van der Waals surface area contributed by atoms with Crippen molar-refractivity contribution in [2.75, 3.05) is 7.11 Å². The van der Waals surface area contributed by atoms with E-state index in [-0.39, 0.29) is 17.0 Å². The van der Waals surface area contributed by atoms with Crippen LogP contribution in [0.3, 0.4) is 0 Å². The third-order valence-corrected chi connectivity index (χ3v) is 3.55. The summed E-state index contributed by atoms with van der Waals surface area (Å²) < 4.78 is 5.19. The molecule has 112 valence electrons. The SMILES string of the molecule is COc1ccccc1N=C(C#N)C1=C(O)c2ccccc2C1=O. The normalized spacial score (nSPS) is 13.7. The predicted octanol–water partition coefficient (Wildman–Crippen LogP) is 3.46. The van der Waals surface area contributed by atoms with Crippen LogP contribution in [0.15, 0.2) is 59.1 Å². The summed E-state index contributed by atoms with van der Waals surface area (Å²) in [6, 6.07) is 15.4. The lowest BCUT2D eigenvalue weighted by atomic mass is 10.1. The monoisotopic (exact) mass is 304 g/mol. The van der Waals surface area contributed by atoms with Crippen LogP contribution in [0, 0.1) is 11.3 Å². The number of nitriles is 1. The summed E-state index contributed by atoms with van der Waals surface area (Å²) in [6.45, 7) is 0. The number of benzene rings is 2. The van der Waals surface area contributed by atoms with Gasteiger partial charge < -0.3 is 9.84 Å². The minimum Gasteiger partial charge on any atom is -0.506 e. The molecule has 0 aliphatic heterocycles. The van der Waals surface area contributed by atoms with Crippen LogP contribution >= 0.6 is 0 Å². The summed E-state index contributed by atoms with van der Waals surface area (Å²) in [5, 5.41) is 19.7. The van der Waals surface area contributed by atoms with Crippen LogP contribution in [0.25, 0.3) is 5.76 Å². The second kappa shape index (κ2) is 5.78. The minimum atomic E-state index is -0.409. The van der Waals surface area contributed by atoms with Gasteiger partial charge in [0.05, 0.1) is 7.11 Å². The van der Waals surface area contributed by atoms with E-state index in [2.05, 4.69) is 4.99 Å². The summed E-state index contributed by atoms with van der Waals surface area (Å²) in [6.07, 6.45) is 0. The van der Waals surface area contributed by atoms with Gasteiger partial charge in [-0.1, -0.05) is 36.4 Å². The van der Waals surface area contributed by atoms with E-state index in [1.54, 1.807) is 48.5 Å². The van der Waals surface area contributed by atoms with E-state index in [1.165, 1.54) is 7.11 Å². The van der Waals surface area contributed by atoms with Gasteiger partial charge in [0.2, 0.25) is 0 Å². The number of methoxy groups -OCH3 is 1. The van der Waals surface area contributed by atoms with Gasteiger partial charge >= 0.3 is 0 Å². The lowest BCUT2D eigenvalue weighted by Crippen LogP contribution is -2.09. The van der Waals surface area contributed by atoms with Gasteiger partial charge in [-0.25, -0.2) is 4.99 Å². The van der Waals surface area contributed by atoms with Crippen LogP contribution < -0.4 is 4.74 Å². The Morgan fingerprint density at radius 2 is 1.78 bits per heavy atom. The van der Waals surface area contributed by atoms with Crippen molar-refractivity contribution in [1.29, 1.82) is 5.26 Å². The van der Waals surface area contributed by atoms with Crippen LogP contribution in [0.1, 0.15) is 15.9 Å². The molecule has 0 aromatic heterocycles. The number of aliphatic imine (C=N–C) groups is 1. The summed E-state index contributed by atoms with van der Waals surface area (Å²) in [7, 11) is 1.49. The van der Waals surface area contributed by atoms with Gasteiger partial charge in [0.1, 0.15) is 28.8 Å². The standard InChI is InChI=1S/C18H12N2O3/c1-23-15-9-5-4-8-13(15)20-14(10-19)16-17(21)11-6-2-3-7-12(11)18(16)22/h2-9,21H,1H3. The van der Waals surface area contributed by atoms with Crippen molar-refractivity contribution < 1.29 is 14.6 Å². The van der Waals surface area contributed by atoms with E-state index >= 15 is 0 Å². The van der Waals surface area contributed by atoms with Gasteiger partial charge in [0.25, 0.3) is 0 Å². The Morgan fingerprint density at radius 3 is 2.43 bits per heavy atom. The molecule has 5 heteroatoms. The molecule has 0 radical (unpaired) electrons. The molecule has 23 heavy (non-hydrogen) atoms. The average Bonchev–Trinajstić information content (AvgIpc) is 2.85. The predicted molar refractivity (Wildman–Crippen MR) is 86.0 cm³/mol. The van der Waals surface area contributed by atoms with Crippen LogP contribution in [0.5, 0.6) is 5.75 Å². The molecule has 0 heterocycles. The molecule has 1 N–H and O–H groups in total. The quantitative estimate of drug-likeness (QED) is 0.880. The first-order valence-corrected chi connectivity index (χ1v) is 6.87. The van der Waals surface area contributed by atoms with Crippen molar-refractivity contribution in [1.82, 2.24) is 0 Å². The smallest absolute Gasteiger partial charge is 0.200 e. The maximum Gasteiger partial charge on any atom is 0.200 e. The highest BCUT2D eigenvalue weighted by Gasteiger charge is 2.32. The molecule has 5 nitrogen and oxygen atoms in total. The molecule has 3 rings (SSSR count). The molecule has 0 saturated heterocycles. The lowest BCUT2D eigenvalue weighted by molar-refractivity contribution is 0.104. The van der Waals surface area contributed by atoms with E-state index in [0.717, 1.165) is 0 Å². The number of aliphatic hydroxyl groups excluding tert-OH is 1. The van der Waals surface area contributed by atoms with Gasteiger partial charge in [-0.15, -0.1) is 0 Å². The van der Waals surface area contributed by atoms with Crippen molar-refractivity contribution in [2.45, 2.75) is 0 Å². The number of para-hydroxylation sites is 2. The van der Waals surface area contributed by atoms with Gasteiger partial charge in [-0.05, 0) is 12.1 Å². The van der Waals surface area contributed by atoms with Crippen molar-refractivity contribution in [3.63, 3.8) is 0 Å². The molecule has 0 unspecified atom stereocenters. The molecule has 0 bridgehead atoms. The van der Waals surface area contributed by atoms with Crippen molar-refractivity contribution >= 4 is 22.9 Å². The van der Waals surface area contributed by atoms with Crippen LogP contribution in [0.4, 0.5) is 5.69 Å². The zero-order chi connectivity index (χ0) is 16.4. The van der Waals surface area contributed by atoms with Crippen LogP contribution in [-0.2, 0) is 0 Å². The maximum atomic E-state index is 12.5. The van der Waals surface area contributed by atoms with E-state index in [9.17, 15) is 15.2 Å². The number of hydrogen-bond acceptors (Lipinski definition) is 5. The molecule has 0 atom stereocenters. The highest BCUT2D eigenvalue weighted by Crippen LogP contribution is 2.33. The zero-order valence-electron chi connectivity index (χ0n) is 12.3. The Balaban J connectivity index is 2.14. The topological polar surface area (TPSA) is 82.7 Å². The maximum absolute atomic E-state index is 12.5. The number of hydrogen-bond donors (Lipinski definition) is 1. The molecule has 1 aliphatic carbocycles. The Hall–Kier alpha value is -3.39. The summed E-state index contributed by atoms with van der Waals surface area (Å²) in [4.78, 5) is 16.7. The summed E-state index contributed by atoms with van der Waals surface area (Å²) >= 11 is 0. The highest BCUT2D eigenvalue weighted by atomic mass is 16.5. The number of carbonyl (C=O) groups excluding carboxylic acids is 1. The Labute approximate surface area is 132 Å². The lowest BCUT2D eigenvalue weighted by Gasteiger charge is -2.04. The van der Waals surface area contributed by atoms with Crippen LogP contribution in [-0.4, -0.2) is 23.7 Å². The molecule has 1 aliphatic rings. The second-order valence-corrected chi connectivity index (χ2v) is 4.84. The Bertz CT molecular complexity index is 904. The number of Topliss-reactive ketones (excluding diaryl/α,β-unsaturated/α-hetero) is 1. The summed E-state index contributed by atoms with van der Waals surface area (Å²) in [5.74, 6) is -0.155. The number of carbonyl (C=O) groups is 1. The van der Waals surface area contributed by atoms with Gasteiger partial charge in [0.15, 0.2) is 11.5 Å². The van der Waals surface area contributed by atoms with E-state index in [1.807, 2.05) is 6.07 Å². The molecule has 0 spiro atoms. The number of aliphatic hydroxyl groups is 1. The van der Waals surface area contributed by atoms with Crippen molar-refractivity contribution in [3.8, 4) is 11.8 Å². The number of allylic oxidation sites excluding steroid dienone is 1. The molecule has 0 saturated carbocycles. The van der Waals surface area contributed by atoms with Crippen molar-refractivity contribution in [3.05, 3.63) is 65.2 Å². The number of rotatable bonds is 3. The van der Waals surface area contributed by atoms with Gasteiger partial charge in [-0.2, -0.15) is 5.26 Å². The number of nitrogens with zero attached hydrogens (tertiary/aromatic N) is 2. The minimum absolute atomic E-state index is 0.0837. The van der Waals surface area contributed by atoms with Gasteiger partial charge in [0, 0.05) is 11.1 Å². The number of ether oxygens (including phenoxy) is 1. The highest BCUT2D eigenvalue weighted by molar-refractivity contribution is 6.39.